The molecule has 1 unspecified atom stereocenters. The molecule has 1 amide bonds. The molecule has 0 radical (unpaired) electrons. The number of hydrogen-bond acceptors (Lipinski definition) is 4. The first kappa shape index (κ1) is 18.0. The number of nitrogens with zero attached hydrogens (tertiary/aromatic N) is 2. The van der Waals surface area contributed by atoms with E-state index in [1.807, 2.05) is 17.0 Å². The van der Waals surface area contributed by atoms with Crippen LogP contribution >= 0.6 is 11.6 Å². The summed E-state index contributed by atoms with van der Waals surface area (Å²) in [6, 6.07) is 5.60. The van der Waals surface area contributed by atoms with E-state index in [0.29, 0.717) is 23.9 Å². The summed E-state index contributed by atoms with van der Waals surface area (Å²) in [5, 5.41) is 9.94. The van der Waals surface area contributed by atoms with Gasteiger partial charge in [-0.05, 0) is 18.6 Å². The van der Waals surface area contributed by atoms with Gasteiger partial charge in [-0.3, -0.25) is 9.69 Å². The molecule has 23 heavy (non-hydrogen) atoms. The standard InChI is InChI=1S/C17H25ClN2O3/c1-3-13(12-21)19-7-9-20(10-8-19)17(22)11-14-15(18)5-4-6-16(14)23-2/h4-6,13,21H,3,7-12H2,1-2H3. The second-order valence-corrected chi connectivity index (χ2v) is 6.17. The third-order valence-electron chi connectivity index (χ3n) is 4.49. The lowest BCUT2D eigenvalue weighted by atomic mass is 10.1. The Morgan fingerprint density at radius 3 is 2.61 bits per heavy atom. The number of piperazine rings is 1. The molecule has 5 nitrogen and oxygen atoms in total. The molecule has 1 atom stereocenters. The van der Waals surface area contributed by atoms with Gasteiger partial charge >= 0.3 is 0 Å². The number of rotatable bonds is 6. The van der Waals surface area contributed by atoms with Crippen LogP contribution in [0.4, 0.5) is 0 Å². The Kier molecular flexibility index (Phi) is 6.69. The van der Waals surface area contributed by atoms with Gasteiger partial charge in [-0.2, -0.15) is 0 Å². The molecular weight excluding hydrogens is 316 g/mol. The lowest BCUT2D eigenvalue weighted by Gasteiger charge is -2.38. The van der Waals surface area contributed by atoms with E-state index >= 15 is 0 Å². The highest BCUT2D eigenvalue weighted by atomic mass is 35.5. The first-order valence-corrected chi connectivity index (χ1v) is 8.42. The Morgan fingerprint density at radius 2 is 2.04 bits per heavy atom. The van der Waals surface area contributed by atoms with Crippen molar-refractivity contribution in [1.82, 2.24) is 9.80 Å². The highest BCUT2D eigenvalue weighted by Gasteiger charge is 2.25. The molecule has 1 aliphatic heterocycles. The van der Waals surface area contributed by atoms with Crippen LogP contribution in [-0.2, 0) is 11.2 Å². The minimum absolute atomic E-state index is 0.0631. The molecule has 0 spiro atoms. The molecule has 1 aromatic carbocycles. The molecule has 0 aliphatic carbocycles. The average molecular weight is 341 g/mol. The van der Waals surface area contributed by atoms with E-state index < -0.39 is 0 Å². The molecule has 1 aliphatic rings. The number of carbonyl (C=O) groups excluding carboxylic acids is 1. The van der Waals surface area contributed by atoms with Gasteiger partial charge < -0.3 is 14.7 Å². The lowest BCUT2D eigenvalue weighted by Crippen LogP contribution is -2.53. The van der Waals surface area contributed by atoms with Crippen molar-refractivity contribution in [3.05, 3.63) is 28.8 Å². The van der Waals surface area contributed by atoms with Crippen molar-refractivity contribution in [2.45, 2.75) is 25.8 Å². The van der Waals surface area contributed by atoms with Crippen LogP contribution < -0.4 is 4.74 Å². The van der Waals surface area contributed by atoms with Crippen LogP contribution in [0.1, 0.15) is 18.9 Å². The van der Waals surface area contributed by atoms with Gasteiger partial charge in [-0.1, -0.05) is 24.6 Å². The van der Waals surface area contributed by atoms with Crippen LogP contribution in [0, 0.1) is 0 Å². The second-order valence-electron chi connectivity index (χ2n) is 5.76. The third-order valence-corrected chi connectivity index (χ3v) is 4.84. The predicted octanol–water partition coefficient (Wildman–Crippen LogP) is 1.81. The van der Waals surface area contributed by atoms with Crippen LogP contribution in [0.3, 0.4) is 0 Å². The lowest BCUT2D eigenvalue weighted by molar-refractivity contribution is -0.132. The van der Waals surface area contributed by atoms with E-state index in [4.69, 9.17) is 16.3 Å². The first-order chi connectivity index (χ1) is 11.1. The maximum absolute atomic E-state index is 12.5. The van der Waals surface area contributed by atoms with Gasteiger partial charge in [0, 0.05) is 42.8 Å². The first-order valence-electron chi connectivity index (χ1n) is 8.04. The van der Waals surface area contributed by atoms with E-state index in [1.165, 1.54) is 0 Å². The molecule has 128 valence electrons. The highest BCUT2D eigenvalue weighted by Crippen LogP contribution is 2.27. The molecule has 1 heterocycles. The fourth-order valence-corrected chi connectivity index (χ4v) is 3.24. The normalized spacial score (nSPS) is 17.1. The maximum atomic E-state index is 12.5. The molecule has 1 fully saturated rings. The van der Waals surface area contributed by atoms with Crippen LogP contribution in [0.2, 0.25) is 5.02 Å². The monoisotopic (exact) mass is 340 g/mol. The van der Waals surface area contributed by atoms with Crippen LogP contribution in [0.5, 0.6) is 5.75 Å². The Labute approximate surface area is 142 Å². The molecule has 2 rings (SSSR count). The zero-order valence-electron chi connectivity index (χ0n) is 13.8. The van der Waals surface area contributed by atoms with Gasteiger partial charge in [-0.15, -0.1) is 0 Å². The van der Waals surface area contributed by atoms with Crippen LogP contribution in [0.15, 0.2) is 18.2 Å². The fourth-order valence-electron chi connectivity index (χ4n) is 3.00. The molecule has 1 saturated heterocycles. The number of halogens is 1. The van der Waals surface area contributed by atoms with Gasteiger partial charge in [0.15, 0.2) is 0 Å². The van der Waals surface area contributed by atoms with Crippen molar-refractivity contribution in [2.24, 2.45) is 0 Å². The fraction of sp³-hybridized carbons (Fsp3) is 0.588. The Hall–Kier alpha value is -1.30. The molecule has 1 N–H and O–H groups in total. The predicted molar refractivity (Wildman–Crippen MR) is 91.0 cm³/mol. The van der Waals surface area contributed by atoms with Gasteiger partial charge in [0.2, 0.25) is 5.91 Å². The van der Waals surface area contributed by atoms with E-state index in [2.05, 4.69) is 11.8 Å². The molecule has 6 heteroatoms. The number of aliphatic hydroxyl groups excluding tert-OH is 1. The van der Waals surface area contributed by atoms with Crippen molar-refractivity contribution >= 4 is 17.5 Å². The van der Waals surface area contributed by atoms with E-state index in [9.17, 15) is 9.90 Å². The molecule has 1 aromatic rings. The third kappa shape index (κ3) is 4.37. The summed E-state index contributed by atoms with van der Waals surface area (Å²) in [6.07, 6.45) is 1.17. The SMILES string of the molecule is CCC(CO)N1CCN(C(=O)Cc2c(Cl)cccc2OC)CC1. The van der Waals surface area contributed by atoms with Crippen molar-refractivity contribution in [3.8, 4) is 5.75 Å². The number of benzene rings is 1. The minimum atomic E-state index is 0.0631. The Balaban J connectivity index is 1.96. The smallest absolute Gasteiger partial charge is 0.227 e. The summed E-state index contributed by atoms with van der Waals surface area (Å²) in [5.74, 6) is 0.712. The molecular formula is C17H25ClN2O3. The summed E-state index contributed by atoms with van der Waals surface area (Å²) in [4.78, 5) is 16.7. The quantitative estimate of drug-likeness (QED) is 0.858. The minimum Gasteiger partial charge on any atom is -0.496 e. The number of ether oxygens (including phenoxy) is 1. The van der Waals surface area contributed by atoms with Crippen molar-refractivity contribution in [2.75, 3.05) is 39.9 Å². The summed E-state index contributed by atoms with van der Waals surface area (Å²) < 4.78 is 5.30. The van der Waals surface area contributed by atoms with Crippen molar-refractivity contribution < 1.29 is 14.6 Å². The molecule has 0 aromatic heterocycles. The second kappa shape index (κ2) is 8.52. The largest absolute Gasteiger partial charge is 0.496 e. The Morgan fingerprint density at radius 1 is 1.35 bits per heavy atom. The topological polar surface area (TPSA) is 53.0 Å². The maximum Gasteiger partial charge on any atom is 0.227 e. The zero-order valence-corrected chi connectivity index (χ0v) is 14.6. The van der Waals surface area contributed by atoms with Crippen LogP contribution in [0.25, 0.3) is 0 Å². The van der Waals surface area contributed by atoms with E-state index in [-0.39, 0.29) is 25.0 Å². The summed E-state index contributed by atoms with van der Waals surface area (Å²) >= 11 is 6.21. The van der Waals surface area contributed by atoms with Crippen molar-refractivity contribution in [3.63, 3.8) is 0 Å². The Bertz CT molecular complexity index is 527. The van der Waals surface area contributed by atoms with Crippen LogP contribution in [-0.4, -0.2) is 66.8 Å². The van der Waals surface area contributed by atoms with E-state index in [1.54, 1.807) is 13.2 Å². The number of amides is 1. The van der Waals surface area contributed by atoms with Gasteiger partial charge in [-0.25, -0.2) is 0 Å². The number of carbonyl (C=O) groups is 1. The molecule has 0 bridgehead atoms. The summed E-state index contributed by atoms with van der Waals surface area (Å²) in [7, 11) is 1.58. The van der Waals surface area contributed by atoms with Gasteiger partial charge in [0.25, 0.3) is 0 Å². The van der Waals surface area contributed by atoms with Gasteiger partial charge in [0.1, 0.15) is 5.75 Å². The van der Waals surface area contributed by atoms with E-state index in [0.717, 1.165) is 25.1 Å². The highest BCUT2D eigenvalue weighted by molar-refractivity contribution is 6.31. The summed E-state index contributed by atoms with van der Waals surface area (Å²) in [5.41, 5.74) is 0.742. The van der Waals surface area contributed by atoms with Crippen molar-refractivity contribution in [1.29, 1.82) is 0 Å². The average Bonchev–Trinajstić information content (AvgIpc) is 2.58. The zero-order chi connectivity index (χ0) is 16.8. The number of methoxy groups -OCH3 is 1. The number of hydrogen-bond donors (Lipinski definition) is 1. The summed E-state index contributed by atoms with van der Waals surface area (Å²) in [6.45, 7) is 5.20. The molecule has 0 saturated carbocycles. The van der Waals surface area contributed by atoms with Gasteiger partial charge in [0.05, 0.1) is 20.1 Å². The number of aliphatic hydroxyl groups is 1.